The molecule has 1 heterocycles. The van der Waals surface area contributed by atoms with Crippen molar-refractivity contribution in [1.82, 2.24) is 20.2 Å². The van der Waals surface area contributed by atoms with E-state index >= 15 is 0 Å². The van der Waals surface area contributed by atoms with E-state index in [2.05, 4.69) is 20.8 Å². The fraction of sp³-hybridized carbons (Fsp3) is 0.0909. The number of benzene rings is 3. The zero-order valence-corrected chi connectivity index (χ0v) is 17.0. The third kappa shape index (κ3) is 4.84. The van der Waals surface area contributed by atoms with Crippen molar-refractivity contribution < 1.29 is 9.53 Å². The van der Waals surface area contributed by atoms with Crippen LogP contribution in [-0.2, 0) is 4.79 Å². The van der Waals surface area contributed by atoms with Gasteiger partial charge in [-0.25, -0.2) is 4.68 Å². The summed E-state index contributed by atoms with van der Waals surface area (Å²) in [6, 6.07) is 24.9. The molecule has 0 aliphatic heterocycles. The number of para-hydroxylation sites is 1. The highest BCUT2D eigenvalue weighted by molar-refractivity contribution is 7.99. The molecule has 4 rings (SSSR count). The Morgan fingerprint density at radius 3 is 2.47 bits per heavy atom. The Balaban J connectivity index is 1.40. The lowest BCUT2D eigenvalue weighted by Crippen LogP contribution is -2.30. The van der Waals surface area contributed by atoms with Gasteiger partial charge in [-0.15, -0.1) is 5.10 Å². The van der Waals surface area contributed by atoms with Crippen LogP contribution in [0.4, 0.5) is 5.69 Å². The molecule has 1 amide bonds. The van der Waals surface area contributed by atoms with Crippen molar-refractivity contribution in [3.63, 3.8) is 0 Å². The van der Waals surface area contributed by atoms with Crippen LogP contribution in [0.2, 0.25) is 0 Å². The maximum Gasteiger partial charge on any atom is 0.265 e. The number of aromatic nitrogens is 4. The molecular weight excluding hydrogens is 398 g/mol. The summed E-state index contributed by atoms with van der Waals surface area (Å²) in [5.74, 6) is 0.363. The van der Waals surface area contributed by atoms with E-state index in [1.807, 2.05) is 66.7 Å². The largest absolute Gasteiger partial charge is 0.481 e. The van der Waals surface area contributed by atoms with Gasteiger partial charge < -0.3 is 10.1 Å². The van der Waals surface area contributed by atoms with Crippen LogP contribution in [-0.4, -0.2) is 32.2 Å². The summed E-state index contributed by atoms with van der Waals surface area (Å²) in [4.78, 5) is 14.8. The Kier molecular flexibility index (Phi) is 6.05. The number of nitrogens with one attached hydrogen (secondary N) is 1. The van der Waals surface area contributed by atoms with Gasteiger partial charge in [-0.3, -0.25) is 4.79 Å². The highest BCUT2D eigenvalue weighted by atomic mass is 32.2. The lowest BCUT2D eigenvalue weighted by Gasteiger charge is -2.16. The number of rotatable bonds is 7. The Morgan fingerprint density at radius 2 is 1.73 bits per heavy atom. The highest BCUT2D eigenvalue weighted by Crippen LogP contribution is 2.33. The molecule has 1 atom stereocenters. The number of hydrogen-bond donors (Lipinski definition) is 1. The van der Waals surface area contributed by atoms with Gasteiger partial charge in [-0.05, 0) is 65.9 Å². The Hall–Kier alpha value is -3.65. The molecule has 4 aromatic rings. The molecule has 3 aromatic carbocycles. The molecule has 0 spiro atoms. The third-order valence-corrected chi connectivity index (χ3v) is 5.33. The van der Waals surface area contributed by atoms with Gasteiger partial charge in [0.1, 0.15) is 12.1 Å². The first-order valence-electron chi connectivity index (χ1n) is 9.32. The molecule has 0 aliphatic rings. The highest BCUT2D eigenvalue weighted by Gasteiger charge is 2.17. The van der Waals surface area contributed by atoms with E-state index in [-0.39, 0.29) is 5.91 Å². The van der Waals surface area contributed by atoms with Gasteiger partial charge in [0, 0.05) is 9.79 Å². The molecule has 7 nitrogen and oxygen atoms in total. The Labute approximate surface area is 178 Å². The van der Waals surface area contributed by atoms with Crippen molar-refractivity contribution in [2.24, 2.45) is 0 Å². The van der Waals surface area contributed by atoms with Crippen LogP contribution in [0, 0.1) is 0 Å². The number of tetrazole rings is 1. The molecule has 1 aromatic heterocycles. The first-order valence-corrected chi connectivity index (χ1v) is 10.1. The van der Waals surface area contributed by atoms with Gasteiger partial charge in [0.15, 0.2) is 6.10 Å². The quantitative estimate of drug-likeness (QED) is 0.485. The molecule has 0 saturated heterocycles. The number of ether oxygens (including phenoxy) is 1. The maximum atomic E-state index is 12.7. The Bertz CT molecular complexity index is 1100. The molecular formula is C22H19N5O2S. The average Bonchev–Trinajstić information content (AvgIpc) is 3.31. The van der Waals surface area contributed by atoms with Crippen molar-refractivity contribution in [2.45, 2.75) is 22.8 Å². The maximum absolute atomic E-state index is 12.7. The van der Waals surface area contributed by atoms with E-state index in [0.29, 0.717) is 5.75 Å². The topological polar surface area (TPSA) is 81.9 Å². The number of nitrogens with zero attached hydrogens (tertiary/aromatic N) is 4. The molecule has 8 heteroatoms. The number of amides is 1. The SMILES string of the molecule is C[C@H](Oc1ccc(-n2cnnn2)cc1)C(=O)Nc1ccccc1Sc1ccccc1. The molecule has 0 bridgehead atoms. The summed E-state index contributed by atoms with van der Waals surface area (Å²) in [7, 11) is 0. The van der Waals surface area contributed by atoms with Gasteiger partial charge in [0.25, 0.3) is 5.91 Å². The Morgan fingerprint density at radius 1 is 1.00 bits per heavy atom. The molecule has 0 radical (unpaired) electrons. The fourth-order valence-corrected chi connectivity index (χ4v) is 3.65. The second-order valence-corrected chi connectivity index (χ2v) is 7.52. The predicted molar refractivity (Wildman–Crippen MR) is 115 cm³/mol. The first kappa shape index (κ1) is 19.7. The van der Waals surface area contributed by atoms with Crippen LogP contribution < -0.4 is 10.1 Å². The second kappa shape index (κ2) is 9.23. The summed E-state index contributed by atoms with van der Waals surface area (Å²) in [5.41, 5.74) is 1.55. The van der Waals surface area contributed by atoms with Crippen molar-refractivity contribution in [3.8, 4) is 11.4 Å². The molecule has 0 saturated carbocycles. The van der Waals surface area contributed by atoms with Crippen LogP contribution in [0.25, 0.3) is 5.69 Å². The summed E-state index contributed by atoms with van der Waals surface area (Å²) in [6.07, 6.45) is 0.843. The van der Waals surface area contributed by atoms with Crippen LogP contribution in [0.1, 0.15) is 6.92 Å². The standard InChI is InChI=1S/C22H19N5O2S/c1-16(29-18-13-11-17(12-14-18)27-15-23-25-26-27)22(28)24-20-9-5-6-10-21(20)30-19-7-3-2-4-8-19/h2-16H,1H3,(H,24,28)/t16-/m0/s1. The summed E-state index contributed by atoms with van der Waals surface area (Å²) in [6.45, 7) is 1.72. The van der Waals surface area contributed by atoms with Gasteiger partial charge in [0.2, 0.25) is 0 Å². The first-order chi connectivity index (χ1) is 14.7. The second-order valence-electron chi connectivity index (χ2n) is 6.41. The number of carbonyl (C=O) groups is 1. The van der Waals surface area contributed by atoms with Gasteiger partial charge in [-0.2, -0.15) is 0 Å². The summed E-state index contributed by atoms with van der Waals surface area (Å²) in [5, 5.41) is 14.0. The minimum atomic E-state index is -0.668. The lowest BCUT2D eigenvalue weighted by atomic mass is 10.2. The number of carbonyl (C=O) groups excluding carboxylic acids is 1. The normalized spacial score (nSPS) is 11.6. The minimum Gasteiger partial charge on any atom is -0.481 e. The van der Waals surface area contributed by atoms with E-state index in [0.717, 1.165) is 21.2 Å². The van der Waals surface area contributed by atoms with E-state index < -0.39 is 6.10 Å². The van der Waals surface area contributed by atoms with Crippen LogP contribution in [0.3, 0.4) is 0 Å². The van der Waals surface area contributed by atoms with Gasteiger partial charge >= 0.3 is 0 Å². The molecule has 1 N–H and O–H groups in total. The minimum absolute atomic E-state index is 0.222. The zero-order chi connectivity index (χ0) is 20.8. The van der Waals surface area contributed by atoms with E-state index in [9.17, 15) is 4.79 Å². The number of anilines is 1. The van der Waals surface area contributed by atoms with Crippen LogP contribution in [0.15, 0.2) is 95.0 Å². The van der Waals surface area contributed by atoms with E-state index in [4.69, 9.17) is 4.74 Å². The van der Waals surface area contributed by atoms with Crippen molar-refractivity contribution in [3.05, 3.63) is 85.2 Å². The fourth-order valence-electron chi connectivity index (χ4n) is 2.72. The molecule has 150 valence electrons. The third-order valence-electron chi connectivity index (χ3n) is 4.25. The van der Waals surface area contributed by atoms with E-state index in [1.165, 1.54) is 6.33 Å². The molecule has 0 fully saturated rings. The average molecular weight is 417 g/mol. The smallest absolute Gasteiger partial charge is 0.265 e. The molecule has 0 unspecified atom stereocenters. The van der Waals surface area contributed by atoms with Crippen molar-refractivity contribution in [1.29, 1.82) is 0 Å². The van der Waals surface area contributed by atoms with Crippen LogP contribution in [0.5, 0.6) is 5.75 Å². The number of hydrogen-bond acceptors (Lipinski definition) is 6. The van der Waals surface area contributed by atoms with E-state index in [1.54, 1.807) is 35.5 Å². The molecule has 30 heavy (non-hydrogen) atoms. The van der Waals surface area contributed by atoms with Crippen molar-refractivity contribution >= 4 is 23.4 Å². The monoisotopic (exact) mass is 417 g/mol. The lowest BCUT2D eigenvalue weighted by molar-refractivity contribution is -0.122. The molecule has 0 aliphatic carbocycles. The summed E-state index contributed by atoms with van der Waals surface area (Å²) < 4.78 is 7.34. The van der Waals surface area contributed by atoms with Crippen LogP contribution >= 0.6 is 11.8 Å². The predicted octanol–water partition coefficient (Wildman–Crippen LogP) is 4.22. The van der Waals surface area contributed by atoms with Gasteiger partial charge in [-0.1, -0.05) is 42.1 Å². The van der Waals surface area contributed by atoms with Gasteiger partial charge in [0.05, 0.1) is 11.4 Å². The zero-order valence-electron chi connectivity index (χ0n) is 16.2. The summed E-state index contributed by atoms with van der Waals surface area (Å²) >= 11 is 1.60. The van der Waals surface area contributed by atoms with Crippen molar-refractivity contribution in [2.75, 3.05) is 5.32 Å².